The van der Waals surface area contributed by atoms with E-state index in [0.29, 0.717) is 12.3 Å². The number of para-hydroxylation sites is 1. The van der Waals surface area contributed by atoms with Crippen molar-refractivity contribution in [1.29, 1.82) is 0 Å². The molecule has 4 nitrogen and oxygen atoms in total. The molecule has 1 aliphatic carbocycles. The SMILES string of the molecule is OC1C=CC(C2(O)CCN(CC3CNc4ccccc43)CC2)=CC1. The Morgan fingerprint density at radius 2 is 2.00 bits per heavy atom. The Labute approximate surface area is 143 Å². The summed E-state index contributed by atoms with van der Waals surface area (Å²) in [5, 5.41) is 24.0. The van der Waals surface area contributed by atoms with Gasteiger partial charge in [0.15, 0.2) is 0 Å². The number of anilines is 1. The van der Waals surface area contributed by atoms with E-state index in [4.69, 9.17) is 0 Å². The summed E-state index contributed by atoms with van der Waals surface area (Å²) in [5.74, 6) is 0.538. The Kier molecular flexibility index (Phi) is 4.21. The fraction of sp³-hybridized carbons (Fsp3) is 0.500. The van der Waals surface area contributed by atoms with Crippen molar-refractivity contribution in [3.63, 3.8) is 0 Å². The Morgan fingerprint density at radius 1 is 1.21 bits per heavy atom. The summed E-state index contributed by atoms with van der Waals surface area (Å²) in [6, 6.07) is 8.57. The molecular formula is C20H26N2O2. The van der Waals surface area contributed by atoms with Crippen molar-refractivity contribution in [1.82, 2.24) is 4.90 Å². The number of likely N-dealkylation sites (tertiary alicyclic amines) is 1. The number of nitrogens with one attached hydrogen (secondary N) is 1. The minimum Gasteiger partial charge on any atom is -0.389 e. The molecule has 0 amide bonds. The van der Waals surface area contributed by atoms with Crippen molar-refractivity contribution >= 4 is 5.69 Å². The predicted molar refractivity (Wildman–Crippen MR) is 96.1 cm³/mol. The lowest BCUT2D eigenvalue weighted by Crippen LogP contribution is -2.46. The van der Waals surface area contributed by atoms with Crippen LogP contribution in [0.2, 0.25) is 0 Å². The van der Waals surface area contributed by atoms with E-state index in [1.54, 1.807) is 6.08 Å². The molecule has 0 aromatic heterocycles. The van der Waals surface area contributed by atoms with Crippen LogP contribution in [0.1, 0.15) is 30.7 Å². The molecule has 0 spiro atoms. The Hall–Kier alpha value is -1.62. The molecular weight excluding hydrogens is 300 g/mol. The summed E-state index contributed by atoms with van der Waals surface area (Å²) in [4.78, 5) is 2.48. The number of hydrogen-bond donors (Lipinski definition) is 3. The highest BCUT2D eigenvalue weighted by Gasteiger charge is 2.36. The molecule has 4 heteroatoms. The quantitative estimate of drug-likeness (QED) is 0.798. The van der Waals surface area contributed by atoms with Gasteiger partial charge in [0.05, 0.1) is 11.7 Å². The highest BCUT2D eigenvalue weighted by Crippen LogP contribution is 2.35. The van der Waals surface area contributed by atoms with Gasteiger partial charge in [0.1, 0.15) is 0 Å². The summed E-state index contributed by atoms with van der Waals surface area (Å²) in [6.45, 7) is 3.89. The Balaban J connectivity index is 1.36. The first kappa shape index (κ1) is 15.9. The third kappa shape index (κ3) is 3.02. The number of rotatable bonds is 3. The Morgan fingerprint density at radius 3 is 2.75 bits per heavy atom. The topological polar surface area (TPSA) is 55.7 Å². The van der Waals surface area contributed by atoms with Gasteiger partial charge in [-0.1, -0.05) is 36.4 Å². The molecule has 24 heavy (non-hydrogen) atoms. The molecule has 128 valence electrons. The van der Waals surface area contributed by atoms with Gasteiger partial charge in [-0.15, -0.1) is 0 Å². The van der Waals surface area contributed by atoms with Gasteiger partial charge in [-0.2, -0.15) is 0 Å². The molecule has 2 aliphatic heterocycles. The van der Waals surface area contributed by atoms with Gasteiger partial charge in [-0.3, -0.25) is 0 Å². The van der Waals surface area contributed by atoms with Crippen LogP contribution >= 0.6 is 0 Å². The normalized spacial score (nSPS) is 29.0. The average molecular weight is 326 g/mol. The highest BCUT2D eigenvalue weighted by atomic mass is 16.3. The van der Waals surface area contributed by atoms with E-state index in [9.17, 15) is 10.2 Å². The molecule has 2 unspecified atom stereocenters. The molecule has 1 fully saturated rings. The molecule has 3 aliphatic rings. The largest absolute Gasteiger partial charge is 0.389 e. The van der Waals surface area contributed by atoms with Crippen LogP contribution in [0.3, 0.4) is 0 Å². The van der Waals surface area contributed by atoms with Crippen LogP contribution in [0.25, 0.3) is 0 Å². The van der Waals surface area contributed by atoms with Crippen LogP contribution in [0.5, 0.6) is 0 Å². The van der Waals surface area contributed by atoms with E-state index in [-0.39, 0.29) is 0 Å². The molecule has 1 saturated heterocycles. The van der Waals surface area contributed by atoms with Crippen LogP contribution in [-0.2, 0) is 0 Å². The van der Waals surface area contributed by atoms with E-state index in [1.807, 2.05) is 12.2 Å². The molecule has 1 aromatic carbocycles. The molecule has 2 heterocycles. The van der Waals surface area contributed by atoms with Crippen LogP contribution in [0, 0.1) is 0 Å². The molecule has 0 radical (unpaired) electrons. The lowest BCUT2D eigenvalue weighted by molar-refractivity contribution is 0.0102. The molecule has 0 bridgehead atoms. The smallest absolute Gasteiger partial charge is 0.0917 e. The van der Waals surface area contributed by atoms with Gasteiger partial charge in [0, 0.05) is 37.8 Å². The van der Waals surface area contributed by atoms with Gasteiger partial charge in [0.25, 0.3) is 0 Å². The van der Waals surface area contributed by atoms with Gasteiger partial charge in [0.2, 0.25) is 0 Å². The standard InChI is InChI=1S/C20H26N2O2/c23-17-7-5-16(6-8-17)20(24)9-11-22(12-10-20)14-15-13-21-19-4-2-1-3-18(15)19/h1-7,15,17,21,23-24H,8-14H2. The zero-order chi connectivity index (χ0) is 16.6. The second-order valence-electron chi connectivity index (χ2n) is 7.32. The van der Waals surface area contributed by atoms with Gasteiger partial charge in [-0.25, -0.2) is 0 Å². The maximum atomic E-state index is 11.0. The van der Waals surface area contributed by atoms with Crippen molar-refractivity contribution in [2.75, 3.05) is 31.5 Å². The van der Waals surface area contributed by atoms with Gasteiger partial charge < -0.3 is 20.4 Å². The third-order valence-electron chi connectivity index (χ3n) is 5.72. The summed E-state index contributed by atoms with van der Waals surface area (Å²) in [7, 11) is 0. The summed E-state index contributed by atoms with van der Waals surface area (Å²) in [5.41, 5.74) is 2.96. The zero-order valence-corrected chi connectivity index (χ0v) is 14.0. The van der Waals surface area contributed by atoms with Crippen LogP contribution < -0.4 is 5.32 Å². The van der Waals surface area contributed by atoms with Gasteiger partial charge >= 0.3 is 0 Å². The monoisotopic (exact) mass is 326 g/mol. The number of piperidine rings is 1. The minimum absolute atomic E-state index is 0.396. The van der Waals surface area contributed by atoms with E-state index < -0.39 is 11.7 Å². The number of nitrogens with zero attached hydrogens (tertiary/aromatic N) is 1. The second-order valence-corrected chi connectivity index (χ2v) is 7.32. The summed E-state index contributed by atoms with van der Waals surface area (Å²) >= 11 is 0. The maximum absolute atomic E-state index is 11.0. The van der Waals surface area contributed by atoms with E-state index in [1.165, 1.54) is 11.3 Å². The maximum Gasteiger partial charge on any atom is 0.0917 e. The number of aliphatic hydroxyl groups excluding tert-OH is 1. The van der Waals surface area contributed by atoms with E-state index in [0.717, 1.165) is 44.6 Å². The van der Waals surface area contributed by atoms with Crippen LogP contribution in [-0.4, -0.2) is 53.0 Å². The van der Waals surface area contributed by atoms with E-state index in [2.05, 4.69) is 34.5 Å². The number of benzene rings is 1. The number of fused-ring (bicyclic) bond motifs is 1. The number of hydrogen-bond acceptors (Lipinski definition) is 4. The number of aliphatic hydroxyl groups is 2. The van der Waals surface area contributed by atoms with Crippen molar-refractivity contribution in [2.45, 2.75) is 36.9 Å². The van der Waals surface area contributed by atoms with Crippen molar-refractivity contribution in [3.05, 3.63) is 53.6 Å². The van der Waals surface area contributed by atoms with E-state index >= 15 is 0 Å². The van der Waals surface area contributed by atoms with Gasteiger partial charge in [-0.05, 0) is 36.5 Å². The lowest BCUT2D eigenvalue weighted by Gasteiger charge is -2.40. The Bertz CT molecular complexity index is 659. The first-order valence-corrected chi connectivity index (χ1v) is 8.98. The molecule has 0 saturated carbocycles. The molecule has 1 aromatic rings. The second kappa shape index (κ2) is 6.36. The highest BCUT2D eigenvalue weighted by molar-refractivity contribution is 5.57. The average Bonchev–Trinajstić information content (AvgIpc) is 3.01. The van der Waals surface area contributed by atoms with Crippen LogP contribution in [0.4, 0.5) is 5.69 Å². The van der Waals surface area contributed by atoms with Crippen molar-refractivity contribution in [2.24, 2.45) is 0 Å². The molecule has 4 rings (SSSR count). The minimum atomic E-state index is -0.723. The summed E-state index contributed by atoms with van der Waals surface area (Å²) in [6.07, 6.45) is 7.44. The lowest BCUT2D eigenvalue weighted by atomic mass is 9.81. The van der Waals surface area contributed by atoms with Crippen molar-refractivity contribution < 1.29 is 10.2 Å². The molecule has 3 N–H and O–H groups in total. The third-order valence-corrected chi connectivity index (χ3v) is 5.72. The molecule has 2 atom stereocenters. The summed E-state index contributed by atoms with van der Waals surface area (Å²) < 4.78 is 0. The zero-order valence-electron chi connectivity index (χ0n) is 14.0. The first-order chi connectivity index (χ1) is 11.6. The predicted octanol–water partition coefficient (Wildman–Crippen LogP) is 2.27. The van der Waals surface area contributed by atoms with Crippen molar-refractivity contribution in [3.8, 4) is 0 Å². The fourth-order valence-electron chi connectivity index (χ4n) is 4.18. The van der Waals surface area contributed by atoms with Crippen LogP contribution in [0.15, 0.2) is 48.1 Å². The first-order valence-electron chi connectivity index (χ1n) is 8.98. The fourth-order valence-corrected chi connectivity index (χ4v) is 4.18.